The van der Waals surface area contributed by atoms with Crippen LogP contribution >= 0.6 is 11.9 Å². The molecule has 0 heterocycles. The quantitative estimate of drug-likeness (QED) is 0.316. The van der Waals surface area contributed by atoms with Gasteiger partial charge in [-0.2, -0.15) is 35.0 Å². The van der Waals surface area contributed by atoms with Gasteiger partial charge in [0.15, 0.2) is 0 Å². The maximum absolute atomic E-state index is 4.62. The third kappa shape index (κ3) is 8.54. The molecule has 0 aliphatic rings. The zero-order valence-corrected chi connectivity index (χ0v) is 17.6. The van der Waals surface area contributed by atoms with E-state index in [0.29, 0.717) is 6.61 Å². The van der Waals surface area contributed by atoms with Crippen molar-refractivity contribution in [2.24, 2.45) is 0 Å². The Hall–Kier alpha value is -1.34. The van der Waals surface area contributed by atoms with E-state index in [2.05, 4.69) is 112 Å². The van der Waals surface area contributed by atoms with Crippen LogP contribution in [0.15, 0.2) is 84.9 Å². The first-order valence-electron chi connectivity index (χ1n) is 7.95. The molecule has 0 spiro atoms. The summed E-state index contributed by atoms with van der Waals surface area (Å²) in [6.07, 6.45) is 0. The number of rotatable bonds is 1. The van der Waals surface area contributed by atoms with Gasteiger partial charge in [0, 0.05) is 0 Å². The Morgan fingerprint density at radius 3 is 1.60 bits per heavy atom. The molecule has 0 bridgehead atoms. The SMILES string of the molecule is C[CH]=[Zr].[CH2-]COCl.c1ccc2[cH-]ccc2c1.c1ccc2[cH-]ccc2c1. The van der Waals surface area contributed by atoms with E-state index in [1.54, 1.807) is 0 Å². The Bertz CT molecular complexity index is 703. The third-order valence-electron chi connectivity index (χ3n) is 3.17. The van der Waals surface area contributed by atoms with Crippen LogP contribution in [0.5, 0.6) is 0 Å². The fourth-order valence-corrected chi connectivity index (χ4v) is 2.14. The number of halogens is 1. The van der Waals surface area contributed by atoms with E-state index >= 15 is 0 Å². The van der Waals surface area contributed by atoms with Gasteiger partial charge in [0.25, 0.3) is 0 Å². The zero-order valence-electron chi connectivity index (χ0n) is 14.4. The summed E-state index contributed by atoms with van der Waals surface area (Å²) in [6, 6.07) is 29.3. The summed E-state index contributed by atoms with van der Waals surface area (Å²) < 4.78 is 5.99. The molecule has 4 rings (SSSR count). The van der Waals surface area contributed by atoms with Crippen LogP contribution in [0.4, 0.5) is 0 Å². The molecule has 130 valence electrons. The van der Waals surface area contributed by atoms with Crippen LogP contribution in [-0.4, -0.2) is 10.3 Å². The summed E-state index contributed by atoms with van der Waals surface area (Å²) in [6.45, 7) is 5.62. The average molecular weight is 429 g/mol. The van der Waals surface area contributed by atoms with Crippen LogP contribution < -0.4 is 0 Å². The van der Waals surface area contributed by atoms with Crippen molar-refractivity contribution in [1.82, 2.24) is 0 Å². The first-order valence-corrected chi connectivity index (χ1v) is 9.68. The molecule has 0 aliphatic heterocycles. The van der Waals surface area contributed by atoms with Gasteiger partial charge < -0.3 is 11.2 Å². The van der Waals surface area contributed by atoms with Crippen molar-refractivity contribution in [3.63, 3.8) is 0 Å². The molecule has 0 atom stereocenters. The summed E-state index contributed by atoms with van der Waals surface area (Å²) in [5, 5.41) is 5.32. The van der Waals surface area contributed by atoms with Gasteiger partial charge in [0.05, 0.1) is 11.9 Å². The van der Waals surface area contributed by atoms with E-state index in [1.807, 2.05) is 6.92 Å². The molecule has 0 fully saturated rings. The smallest absolute Gasteiger partial charge is 0.0581 e. The Kier molecular flexibility index (Phi) is 12.1. The molecule has 0 unspecified atom stereocenters. The molecule has 0 radical (unpaired) electrons. The predicted molar refractivity (Wildman–Crippen MR) is 108 cm³/mol. The monoisotopic (exact) mass is 427 g/mol. The van der Waals surface area contributed by atoms with Crippen molar-refractivity contribution < 1.29 is 28.5 Å². The van der Waals surface area contributed by atoms with Crippen molar-refractivity contribution >= 4 is 37.1 Å². The first kappa shape index (κ1) is 21.7. The van der Waals surface area contributed by atoms with Crippen molar-refractivity contribution in [1.29, 1.82) is 0 Å². The average Bonchev–Trinajstić information content (AvgIpc) is 3.32. The fourth-order valence-electron chi connectivity index (χ4n) is 2.14. The molecule has 0 aliphatic carbocycles. The Balaban J connectivity index is 0.000000185. The van der Waals surface area contributed by atoms with E-state index in [1.165, 1.54) is 45.8 Å². The molecular weight excluding hydrogens is 407 g/mol. The predicted octanol–water partition coefficient (Wildman–Crippen LogP) is 6.46. The molecular formula is C22H22ClOZr-3. The van der Waals surface area contributed by atoms with Gasteiger partial charge in [-0.3, -0.25) is 0 Å². The van der Waals surface area contributed by atoms with Crippen LogP contribution in [0.3, 0.4) is 0 Å². The molecule has 4 aromatic carbocycles. The van der Waals surface area contributed by atoms with Crippen LogP contribution in [0.2, 0.25) is 0 Å². The Morgan fingerprint density at radius 1 is 0.920 bits per heavy atom. The topological polar surface area (TPSA) is 9.23 Å². The molecule has 0 saturated heterocycles. The van der Waals surface area contributed by atoms with Crippen molar-refractivity contribution in [2.75, 3.05) is 6.61 Å². The molecule has 3 heteroatoms. The third-order valence-corrected chi connectivity index (χ3v) is 3.33. The van der Waals surface area contributed by atoms with Crippen LogP contribution in [0.1, 0.15) is 6.92 Å². The minimum absolute atomic E-state index is 0.335. The van der Waals surface area contributed by atoms with Gasteiger partial charge in [0.1, 0.15) is 0 Å². The Labute approximate surface area is 170 Å². The van der Waals surface area contributed by atoms with Crippen molar-refractivity contribution in [3.8, 4) is 0 Å². The summed E-state index contributed by atoms with van der Waals surface area (Å²) in [4.78, 5) is 0. The minimum Gasteiger partial charge on any atom is -0.316 e. The van der Waals surface area contributed by atoms with Crippen molar-refractivity contribution in [2.45, 2.75) is 6.92 Å². The molecule has 0 aromatic heterocycles. The number of hydrogen-bond donors (Lipinski definition) is 0. The first-order chi connectivity index (χ1) is 12.3. The van der Waals surface area contributed by atoms with Gasteiger partial charge in [-0.1, -0.05) is 18.7 Å². The molecule has 4 aromatic rings. The minimum atomic E-state index is 0.335. The number of fused-ring (bicyclic) bond motifs is 2. The van der Waals surface area contributed by atoms with Crippen molar-refractivity contribution in [3.05, 3.63) is 91.9 Å². The van der Waals surface area contributed by atoms with Crippen LogP contribution in [0, 0.1) is 6.92 Å². The van der Waals surface area contributed by atoms with E-state index in [-0.39, 0.29) is 0 Å². The second-order valence-electron chi connectivity index (χ2n) is 4.91. The van der Waals surface area contributed by atoms with E-state index in [0.717, 1.165) is 0 Å². The zero-order chi connectivity index (χ0) is 18.3. The standard InChI is InChI=1S/2C9H7.C2H4ClO.C2H4.Zr/c2*1-2-5-9-7-3-6-8(9)4-1;1-2-4-3;1-2;/h2*1-7H;1-2H2;1H,2H3;/q3*-1;;. The number of benzene rings is 2. The van der Waals surface area contributed by atoms with Gasteiger partial charge in [-0.05, 0) is 0 Å². The molecule has 1 nitrogen and oxygen atoms in total. The van der Waals surface area contributed by atoms with E-state index < -0.39 is 0 Å². The number of hydrogen-bond acceptors (Lipinski definition) is 1. The largest absolute Gasteiger partial charge is 0.316 e. The molecule has 0 amide bonds. The van der Waals surface area contributed by atoms with Crippen LogP contribution in [-0.2, 0) is 28.5 Å². The Morgan fingerprint density at radius 2 is 1.28 bits per heavy atom. The second kappa shape index (κ2) is 13.9. The van der Waals surface area contributed by atoms with Gasteiger partial charge in [-0.25, -0.2) is 0 Å². The second-order valence-corrected chi connectivity index (χ2v) is 6.55. The van der Waals surface area contributed by atoms with E-state index in [9.17, 15) is 0 Å². The summed E-state index contributed by atoms with van der Waals surface area (Å²) in [7, 11) is 0. The molecule has 25 heavy (non-hydrogen) atoms. The molecule has 0 N–H and O–H groups in total. The summed E-state index contributed by atoms with van der Waals surface area (Å²) in [5.74, 6) is 0. The van der Waals surface area contributed by atoms with Crippen LogP contribution in [0.25, 0.3) is 21.5 Å². The normalized spacial score (nSPS) is 9.04. The van der Waals surface area contributed by atoms with Gasteiger partial charge >= 0.3 is 34.9 Å². The van der Waals surface area contributed by atoms with Gasteiger partial charge in [0.2, 0.25) is 0 Å². The van der Waals surface area contributed by atoms with Gasteiger partial charge in [-0.15, -0.1) is 59.3 Å². The summed E-state index contributed by atoms with van der Waals surface area (Å²) >= 11 is 6.13. The summed E-state index contributed by atoms with van der Waals surface area (Å²) in [5.41, 5.74) is 0. The molecule has 0 saturated carbocycles. The maximum atomic E-state index is 4.62. The van der Waals surface area contributed by atoms with E-state index in [4.69, 9.17) is 0 Å². The maximum Gasteiger partial charge on any atom is 0.0581 e. The fraction of sp³-hybridized carbons (Fsp3) is 0.0909.